The molecule has 0 bridgehead atoms. The lowest BCUT2D eigenvalue weighted by Crippen LogP contribution is -2.50. The summed E-state index contributed by atoms with van der Waals surface area (Å²) in [4.78, 5) is 39.4. The van der Waals surface area contributed by atoms with Crippen LogP contribution in [0.4, 0.5) is 4.79 Å². The van der Waals surface area contributed by atoms with E-state index in [4.69, 9.17) is 0 Å². The molecule has 1 aliphatic heterocycles. The molecule has 1 saturated heterocycles. The molecule has 1 fully saturated rings. The van der Waals surface area contributed by atoms with Crippen molar-refractivity contribution in [1.82, 2.24) is 20.7 Å². The summed E-state index contributed by atoms with van der Waals surface area (Å²) in [5, 5.41) is 3.43. The lowest BCUT2D eigenvalue weighted by molar-refractivity contribution is -0.139. The van der Waals surface area contributed by atoms with Crippen molar-refractivity contribution in [2.24, 2.45) is 0 Å². The molecule has 152 valence electrons. The highest BCUT2D eigenvalue weighted by molar-refractivity contribution is 6.08. The third-order valence-electron chi connectivity index (χ3n) is 5.08. The molecule has 1 heterocycles. The fraction of sp³-hybridized carbons (Fsp3) is 0.318. The van der Waals surface area contributed by atoms with Crippen LogP contribution in [0.25, 0.3) is 0 Å². The number of aryl methyl sites for hydroxylation is 1. The zero-order valence-electron chi connectivity index (χ0n) is 16.9. The molecule has 0 aliphatic carbocycles. The molecule has 7 heteroatoms. The molecular weight excluding hydrogens is 368 g/mol. The zero-order chi connectivity index (χ0) is 21.0. The molecular formula is C22H26N4O3. The van der Waals surface area contributed by atoms with Crippen LogP contribution in [0.1, 0.15) is 30.5 Å². The molecule has 1 atom stereocenters. The molecule has 1 aliphatic rings. The minimum Gasteiger partial charge on any atom is -0.318 e. The third-order valence-corrected chi connectivity index (χ3v) is 5.08. The lowest BCUT2D eigenvalue weighted by atomic mass is 9.92. The van der Waals surface area contributed by atoms with Crippen LogP contribution >= 0.6 is 0 Å². The molecule has 4 amide bonds. The Hall–Kier alpha value is -3.19. The third kappa shape index (κ3) is 4.46. The summed E-state index contributed by atoms with van der Waals surface area (Å²) in [6.07, 6.45) is 0.979. The van der Waals surface area contributed by atoms with E-state index in [2.05, 4.69) is 29.8 Å². The quantitative estimate of drug-likeness (QED) is 0.706. The Labute approximate surface area is 170 Å². The molecule has 0 aromatic heterocycles. The molecule has 0 unspecified atom stereocenters. The van der Waals surface area contributed by atoms with Crippen molar-refractivity contribution in [2.45, 2.75) is 32.4 Å². The fourth-order valence-electron chi connectivity index (χ4n) is 3.36. The van der Waals surface area contributed by atoms with E-state index in [0.717, 1.165) is 17.0 Å². The van der Waals surface area contributed by atoms with Gasteiger partial charge in [0.05, 0.1) is 6.54 Å². The molecule has 0 spiro atoms. The molecule has 3 rings (SSSR count). The number of nitrogens with zero attached hydrogens (tertiary/aromatic N) is 2. The van der Waals surface area contributed by atoms with Crippen LogP contribution in [0.2, 0.25) is 0 Å². The fourth-order valence-corrected chi connectivity index (χ4v) is 3.36. The van der Waals surface area contributed by atoms with E-state index in [9.17, 15) is 14.4 Å². The van der Waals surface area contributed by atoms with Crippen LogP contribution in [0.5, 0.6) is 0 Å². The highest BCUT2D eigenvalue weighted by Crippen LogP contribution is 2.27. The molecule has 2 aromatic rings. The second-order valence-corrected chi connectivity index (χ2v) is 7.44. The van der Waals surface area contributed by atoms with E-state index < -0.39 is 23.4 Å². The number of imide groups is 1. The number of carbonyl (C=O) groups excluding carboxylic acids is 3. The Morgan fingerprint density at radius 3 is 2.31 bits per heavy atom. The number of nitrogens with one attached hydrogen (secondary N) is 2. The van der Waals surface area contributed by atoms with E-state index >= 15 is 0 Å². The van der Waals surface area contributed by atoms with Crippen LogP contribution in [0.15, 0.2) is 54.6 Å². The van der Waals surface area contributed by atoms with Crippen LogP contribution in [-0.4, -0.2) is 41.3 Å². The van der Waals surface area contributed by atoms with Gasteiger partial charge in [0, 0.05) is 6.54 Å². The van der Waals surface area contributed by atoms with Crippen LogP contribution in [-0.2, 0) is 28.1 Å². The van der Waals surface area contributed by atoms with Gasteiger partial charge in [-0.3, -0.25) is 19.9 Å². The average Bonchev–Trinajstić information content (AvgIpc) is 2.93. The van der Waals surface area contributed by atoms with Crippen molar-refractivity contribution < 1.29 is 14.4 Å². The minimum absolute atomic E-state index is 0.0502. The Kier molecular flexibility index (Phi) is 5.98. The van der Waals surface area contributed by atoms with Gasteiger partial charge in [-0.15, -0.1) is 0 Å². The van der Waals surface area contributed by atoms with Gasteiger partial charge in [0.15, 0.2) is 0 Å². The Morgan fingerprint density at radius 2 is 1.69 bits per heavy atom. The molecule has 7 nitrogen and oxygen atoms in total. The van der Waals surface area contributed by atoms with Crippen molar-refractivity contribution in [3.8, 4) is 0 Å². The van der Waals surface area contributed by atoms with Crippen LogP contribution in [0, 0.1) is 0 Å². The number of rotatable bonds is 7. The van der Waals surface area contributed by atoms with Gasteiger partial charge in [-0.25, -0.2) is 4.79 Å². The number of likely N-dealkylation sites (N-methyl/N-ethyl adjacent to an activating group) is 1. The second-order valence-electron chi connectivity index (χ2n) is 7.44. The second kappa shape index (κ2) is 8.45. The standard InChI is InChI=1S/C22H26N4O3/c1-4-16-10-12-17(13-11-16)14-25(3)15-19(27)24-26-20(28)22(2,23-21(26)29)18-8-6-5-7-9-18/h5-13H,4,14-15H2,1-3H3,(H,23,29)(H,24,27)/t22-/m0/s1. The molecule has 29 heavy (non-hydrogen) atoms. The first-order valence-corrected chi connectivity index (χ1v) is 9.61. The zero-order valence-corrected chi connectivity index (χ0v) is 16.9. The summed E-state index contributed by atoms with van der Waals surface area (Å²) >= 11 is 0. The Bertz CT molecular complexity index is 898. The minimum atomic E-state index is -1.21. The maximum atomic E-state index is 12.8. The largest absolute Gasteiger partial charge is 0.344 e. The number of benzene rings is 2. The van der Waals surface area contributed by atoms with Crippen molar-refractivity contribution in [1.29, 1.82) is 0 Å². The predicted octanol–water partition coefficient (Wildman–Crippen LogP) is 2.18. The van der Waals surface area contributed by atoms with Crippen LogP contribution in [0.3, 0.4) is 0 Å². The smallest absolute Gasteiger partial charge is 0.318 e. The summed E-state index contributed by atoms with van der Waals surface area (Å²) in [6.45, 7) is 4.36. The Balaban J connectivity index is 1.59. The van der Waals surface area contributed by atoms with E-state index in [1.54, 1.807) is 31.2 Å². The molecule has 0 radical (unpaired) electrons. The summed E-state index contributed by atoms with van der Waals surface area (Å²) in [5.74, 6) is -0.946. The van der Waals surface area contributed by atoms with Gasteiger partial charge in [-0.1, -0.05) is 61.5 Å². The van der Waals surface area contributed by atoms with E-state index in [1.165, 1.54) is 5.56 Å². The van der Waals surface area contributed by atoms with E-state index in [0.29, 0.717) is 12.1 Å². The number of hydrazine groups is 1. The maximum absolute atomic E-state index is 12.8. The Morgan fingerprint density at radius 1 is 1.07 bits per heavy atom. The van der Waals surface area contributed by atoms with Gasteiger partial charge in [-0.2, -0.15) is 5.01 Å². The maximum Gasteiger partial charge on any atom is 0.344 e. The van der Waals surface area contributed by atoms with E-state index in [-0.39, 0.29) is 6.54 Å². The van der Waals surface area contributed by atoms with Gasteiger partial charge in [0.1, 0.15) is 5.54 Å². The monoisotopic (exact) mass is 394 g/mol. The number of amides is 4. The number of hydrogen-bond acceptors (Lipinski definition) is 4. The number of urea groups is 1. The van der Waals surface area contributed by atoms with Gasteiger partial charge in [0.2, 0.25) is 0 Å². The SMILES string of the molecule is CCc1ccc(CN(C)CC(=O)NN2C(=O)N[C@@](C)(c3ccccc3)C2=O)cc1. The highest BCUT2D eigenvalue weighted by atomic mass is 16.2. The van der Waals surface area contributed by atoms with Crippen LogP contribution < -0.4 is 10.7 Å². The summed E-state index contributed by atoms with van der Waals surface area (Å²) < 4.78 is 0. The van der Waals surface area contributed by atoms with Gasteiger partial charge in [0.25, 0.3) is 11.8 Å². The predicted molar refractivity (Wildman–Crippen MR) is 109 cm³/mol. The molecule has 2 N–H and O–H groups in total. The number of hydrogen-bond donors (Lipinski definition) is 2. The van der Waals surface area contributed by atoms with Crippen molar-refractivity contribution in [2.75, 3.05) is 13.6 Å². The summed E-state index contributed by atoms with van der Waals surface area (Å²) in [6, 6.07) is 16.5. The lowest BCUT2D eigenvalue weighted by Gasteiger charge is -2.22. The normalized spacial score (nSPS) is 18.8. The van der Waals surface area contributed by atoms with Gasteiger partial charge < -0.3 is 5.32 Å². The van der Waals surface area contributed by atoms with Crippen molar-refractivity contribution in [3.63, 3.8) is 0 Å². The van der Waals surface area contributed by atoms with Gasteiger partial charge in [-0.05, 0) is 37.1 Å². The first kappa shape index (κ1) is 20.5. The summed E-state index contributed by atoms with van der Waals surface area (Å²) in [7, 11) is 1.81. The topological polar surface area (TPSA) is 81.8 Å². The van der Waals surface area contributed by atoms with Crippen molar-refractivity contribution in [3.05, 3.63) is 71.3 Å². The molecule has 0 saturated carbocycles. The molecule has 2 aromatic carbocycles. The summed E-state index contributed by atoms with van der Waals surface area (Å²) in [5.41, 5.74) is 4.22. The number of carbonyl (C=O) groups is 3. The first-order valence-electron chi connectivity index (χ1n) is 9.61. The first-order chi connectivity index (χ1) is 13.8. The highest BCUT2D eigenvalue weighted by Gasteiger charge is 2.49. The van der Waals surface area contributed by atoms with Gasteiger partial charge >= 0.3 is 6.03 Å². The average molecular weight is 394 g/mol. The van der Waals surface area contributed by atoms with E-state index in [1.807, 2.05) is 30.1 Å². The van der Waals surface area contributed by atoms with Crippen molar-refractivity contribution >= 4 is 17.8 Å².